The molecule has 1 aromatic rings. The van der Waals surface area contributed by atoms with E-state index in [1.54, 1.807) is 25.2 Å². The lowest BCUT2D eigenvalue weighted by atomic mass is 10.4. The van der Waals surface area contributed by atoms with Gasteiger partial charge < -0.3 is 16.0 Å². The van der Waals surface area contributed by atoms with Crippen LogP contribution in [0, 0.1) is 0 Å². The highest BCUT2D eigenvalue weighted by Gasteiger charge is 2.11. The number of aromatic nitrogens is 2. The van der Waals surface area contributed by atoms with Crippen LogP contribution in [0.5, 0.6) is 0 Å². The van der Waals surface area contributed by atoms with Crippen LogP contribution in [0.25, 0.3) is 0 Å². The maximum absolute atomic E-state index is 11.1. The third kappa shape index (κ3) is 3.05. The molecule has 0 bridgehead atoms. The van der Waals surface area contributed by atoms with Crippen LogP contribution < -0.4 is 16.0 Å². The Balaban J connectivity index is 2.85. The van der Waals surface area contributed by atoms with Crippen LogP contribution >= 0.6 is 15.9 Å². The van der Waals surface area contributed by atoms with Gasteiger partial charge in [-0.05, 0) is 15.9 Å². The minimum atomic E-state index is -0.0958. The summed E-state index contributed by atoms with van der Waals surface area (Å²) in [6.07, 6.45) is 1.55. The Labute approximate surface area is 96.0 Å². The molecule has 0 fully saturated rings. The third-order valence-electron chi connectivity index (χ3n) is 1.77. The van der Waals surface area contributed by atoms with Crippen molar-refractivity contribution in [1.82, 2.24) is 15.3 Å². The molecule has 0 aliphatic carbocycles. The zero-order valence-electron chi connectivity index (χ0n) is 8.49. The number of amides is 1. The Bertz CT molecular complexity index is 370. The van der Waals surface area contributed by atoms with Crippen molar-refractivity contribution < 1.29 is 4.79 Å². The van der Waals surface area contributed by atoms with Gasteiger partial charge in [0.2, 0.25) is 11.9 Å². The number of nitrogen functional groups attached to an aromatic ring is 1. The number of carbonyl (C=O) groups is 1. The fourth-order valence-corrected chi connectivity index (χ4v) is 1.50. The van der Waals surface area contributed by atoms with E-state index >= 15 is 0 Å². The van der Waals surface area contributed by atoms with Crippen molar-refractivity contribution in [2.75, 3.05) is 31.3 Å². The van der Waals surface area contributed by atoms with Crippen LogP contribution in [0.2, 0.25) is 0 Å². The smallest absolute Gasteiger partial charge is 0.239 e. The van der Waals surface area contributed by atoms with Crippen molar-refractivity contribution >= 4 is 33.6 Å². The second kappa shape index (κ2) is 4.92. The number of carbonyl (C=O) groups excluding carboxylic acids is 1. The predicted octanol–water partition coefficient (Wildman–Crippen LogP) is 0.00350. The van der Waals surface area contributed by atoms with Gasteiger partial charge in [0.1, 0.15) is 5.82 Å². The number of rotatable bonds is 3. The number of hydrogen-bond donors (Lipinski definition) is 2. The van der Waals surface area contributed by atoms with Gasteiger partial charge in [0.15, 0.2) is 0 Å². The van der Waals surface area contributed by atoms with Crippen LogP contribution in [0.3, 0.4) is 0 Å². The molecular formula is C8H12BrN5O. The Hall–Kier alpha value is -1.37. The molecule has 1 rings (SSSR count). The van der Waals surface area contributed by atoms with Crippen molar-refractivity contribution in [3.8, 4) is 0 Å². The molecule has 0 aliphatic rings. The van der Waals surface area contributed by atoms with E-state index in [1.165, 1.54) is 0 Å². The second-order valence-electron chi connectivity index (χ2n) is 2.93. The normalized spacial score (nSPS) is 9.80. The highest BCUT2D eigenvalue weighted by molar-refractivity contribution is 9.10. The van der Waals surface area contributed by atoms with Crippen LogP contribution in [-0.2, 0) is 4.79 Å². The van der Waals surface area contributed by atoms with E-state index in [1.807, 2.05) is 0 Å². The van der Waals surface area contributed by atoms with E-state index in [2.05, 4.69) is 31.2 Å². The molecule has 6 nitrogen and oxygen atoms in total. The van der Waals surface area contributed by atoms with Crippen molar-refractivity contribution in [2.24, 2.45) is 0 Å². The minimum absolute atomic E-state index is 0.0958. The first-order chi connectivity index (χ1) is 7.04. The highest BCUT2D eigenvalue weighted by Crippen LogP contribution is 2.22. The number of halogens is 1. The van der Waals surface area contributed by atoms with Gasteiger partial charge in [-0.25, -0.2) is 4.98 Å². The number of nitrogens with two attached hydrogens (primary N) is 1. The minimum Gasteiger partial charge on any atom is -0.368 e. The van der Waals surface area contributed by atoms with Gasteiger partial charge in [0.25, 0.3) is 0 Å². The zero-order valence-corrected chi connectivity index (χ0v) is 10.1. The number of nitrogens with one attached hydrogen (secondary N) is 1. The summed E-state index contributed by atoms with van der Waals surface area (Å²) in [5.41, 5.74) is 5.46. The summed E-state index contributed by atoms with van der Waals surface area (Å²) in [5.74, 6) is 0.671. The highest BCUT2D eigenvalue weighted by atomic mass is 79.9. The van der Waals surface area contributed by atoms with Gasteiger partial charge >= 0.3 is 0 Å². The Morgan fingerprint density at radius 1 is 1.73 bits per heavy atom. The molecule has 0 radical (unpaired) electrons. The predicted molar refractivity (Wildman–Crippen MR) is 61.5 cm³/mol. The molecule has 7 heteroatoms. The molecular weight excluding hydrogens is 262 g/mol. The van der Waals surface area contributed by atoms with Gasteiger partial charge in [0, 0.05) is 20.3 Å². The van der Waals surface area contributed by atoms with Crippen molar-refractivity contribution in [3.63, 3.8) is 0 Å². The zero-order chi connectivity index (χ0) is 11.4. The molecule has 82 valence electrons. The molecule has 0 aliphatic heterocycles. The third-order valence-corrected chi connectivity index (χ3v) is 2.32. The van der Waals surface area contributed by atoms with Gasteiger partial charge in [-0.1, -0.05) is 0 Å². The molecule has 15 heavy (non-hydrogen) atoms. The topological polar surface area (TPSA) is 84.1 Å². The number of hydrogen-bond acceptors (Lipinski definition) is 5. The Morgan fingerprint density at radius 2 is 2.40 bits per heavy atom. The Morgan fingerprint density at radius 3 is 3.00 bits per heavy atom. The Kier molecular flexibility index (Phi) is 3.84. The van der Waals surface area contributed by atoms with Crippen LogP contribution in [0.1, 0.15) is 0 Å². The molecule has 0 atom stereocenters. The summed E-state index contributed by atoms with van der Waals surface area (Å²) >= 11 is 3.29. The first-order valence-electron chi connectivity index (χ1n) is 4.24. The molecule has 0 aromatic carbocycles. The molecule has 3 N–H and O–H groups in total. The molecule has 0 unspecified atom stereocenters. The largest absolute Gasteiger partial charge is 0.368 e. The molecule has 0 saturated heterocycles. The van der Waals surface area contributed by atoms with Gasteiger partial charge in [0.05, 0.1) is 11.0 Å². The number of anilines is 2. The van der Waals surface area contributed by atoms with E-state index in [4.69, 9.17) is 5.73 Å². The second-order valence-corrected chi connectivity index (χ2v) is 3.78. The van der Waals surface area contributed by atoms with Gasteiger partial charge in [-0.15, -0.1) is 0 Å². The number of likely N-dealkylation sites (N-methyl/N-ethyl adjacent to an activating group) is 2. The van der Waals surface area contributed by atoms with Gasteiger partial charge in [-0.3, -0.25) is 4.79 Å². The van der Waals surface area contributed by atoms with E-state index < -0.39 is 0 Å². The van der Waals surface area contributed by atoms with E-state index in [-0.39, 0.29) is 18.4 Å². The SMILES string of the molecule is CNC(=O)CN(C)c1nc(N)ncc1Br. The lowest BCUT2D eigenvalue weighted by Crippen LogP contribution is -2.33. The van der Waals surface area contributed by atoms with Crippen molar-refractivity contribution in [2.45, 2.75) is 0 Å². The summed E-state index contributed by atoms with van der Waals surface area (Å²) in [5, 5.41) is 2.53. The monoisotopic (exact) mass is 273 g/mol. The maximum atomic E-state index is 11.1. The first kappa shape index (κ1) is 11.7. The molecule has 0 saturated carbocycles. The summed E-state index contributed by atoms with van der Waals surface area (Å²) in [6, 6.07) is 0. The summed E-state index contributed by atoms with van der Waals surface area (Å²) in [6.45, 7) is 0.214. The summed E-state index contributed by atoms with van der Waals surface area (Å²) in [4.78, 5) is 20.7. The van der Waals surface area contributed by atoms with E-state index in [9.17, 15) is 4.79 Å². The molecule has 1 aromatic heterocycles. The molecule has 0 spiro atoms. The number of nitrogens with zero attached hydrogens (tertiary/aromatic N) is 3. The van der Waals surface area contributed by atoms with Gasteiger partial charge in [-0.2, -0.15) is 4.98 Å². The summed E-state index contributed by atoms with van der Waals surface area (Å²) in [7, 11) is 3.33. The summed E-state index contributed by atoms with van der Waals surface area (Å²) < 4.78 is 0.697. The average Bonchev–Trinajstić information content (AvgIpc) is 2.21. The quantitative estimate of drug-likeness (QED) is 0.810. The average molecular weight is 274 g/mol. The first-order valence-corrected chi connectivity index (χ1v) is 5.03. The lowest BCUT2D eigenvalue weighted by Gasteiger charge is -2.18. The maximum Gasteiger partial charge on any atom is 0.239 e. The van der Waals surface area contributed by atoms with Crippen LogP contribution in [0.4, 0.5) is 11.8 Å². The lowest BCUT2D eigenvalue weighted by molar-refractivity contribution is -0.119. The van der Waals surface area contributed by atoms with Crippen LogP contribution in [0.15, 0.2) is 10.7 Å². The van der Waals surface area contributed by atoms with Crippen LogP contribution in [-0.4, -0.2) is 36.5 Å². The standard InChI is InChI=1S/C8H12BrN5O/c1-11-6(15)4-14(2)7-5(9)3-12-8(10)13-7/h3H,4H2,1-2H3,(H,11,15)(H2,10,12,13). The fourth-order valence-electron chi connectivity index (χ4n) is 1.01. The van der Waals surface area contributed by atoms with Crippen molar-refractivity contribution in [3.05, 3.63) is 10.7 Å². The fraction of sp³-hybridized carbons (Fsp3) is 0.375. The molecule has 1 amide bonds. The van der Waals surface area contributed by atoms with E-state index in [0.717, 1.165) is 0 Å². The van der Waals surface area contributed by atoms with E-state index in [0.29, 0.717) is 10.3 Å². The van der Waals surface area contributed by atoms with Crippen molar-refractivity contribution in [1.29, 1.82) is 0 Å². The molecule has 1 heterocycles.